The second kappa shape index (κ2) is 11.0. The van der Waals surface area contributed by atoms with Crippen molar-refractivity contribution >= 4 is 51.5 Å². The van der Waals surface area contributed by atoms with Crippen molar-refractivity contribution in [1.82, 2.24) is 4.57 Å². The number of hydroxylamine groups is 1. The van der Waals surface area contributed by atoms with E-state index in [0.717, 1.165) is 28.7 Å². The molecule has 3 amide bonds. The fourth-order valence-electron chi connectivity index (χ4n) is 3.83. The largest absolute Gasteiger partial charge is 0.750 e. The molecule has 1 aromatic heterocycles. The topological polar surface area (TPSA) is 115 Å². The Kier molecular flexibility index (Phi) is 7.86. The van der Waals surface area contributed by atoms with Gasteiger partial charge in [-0.1, -0.05) is 25.4 Å². The lowest BCUT2D eigenvalue weighted by Gasteiger charge is -2.29. The quantitative estimate of drug-likeness (QED) is 0.227. The molecule has 1 atom stereocenters. The van der Waals surface area contributed by atoms with Gasteiger partial charge in [-0.05, 0) is 72.6 Å². The molecule has 0 aliphatic carbocycles. The highest BCUT2D eigenvalue weighted by atomic mass is 35.5. The van der Waals surface area contributed by atoms with E-state index in [1.807, 2.05) is 42.8 Å². The van der Waals surface area contributed by atoms with E-state index in [4.69, 9.17) is 17.3 Å². The first-order chi connectivity index (χ1) is 18.3. The molecule has 4 aromatic rings. The number of carbonyl (C=O) groups excluding carboxylic acids is 2. The lowest BCUT2D eigenvalue weighted by molar-refractivity contribution is -0.137. The van der Waals surface area contributed by atoms with E-state index >= 15 is 0 Å². The first-order valence-electron chi connectivity index (χ1n) is 11.8. The van der Waals surface area contributed by atoms with Crippen molar-refractivity contribution in [2.75, 3.05) is 15.7 Å². The summed E-state index contributed by atoms with van der Waals surface area (Å²) in [5.74, 6) is -0.270. The van der Waals surface area contributed by atoms with Gasteiger partial charge in [0.25, 0.3) is 0 Å². The number of amides is 3. The summed E-state index contributed by atoms with van der Waals surface area (Å²) in [7, 11) is 0. The van der Waals surface area contributed by atoms with Gasteiger partial charge in [-0.2, -0.15) is 13.2 Å². The Hall–Kier alpha value is -4.06. The third-order valence-electron chi connectivity index (χ3n) is 6.05. The first kappa shape index (κ1) is 28.0. The third kappa shape index (κ3) is 6.17. The lowest BCUT2D eigenvalue weighted by Crippen LogP contribution is -2.39. The Morgan fingerprint density at radius 3 is 2.28 bits per heavy atom. The zero-order valence-corrected chi connectivity index (χ0v) is 21.5. The van der Waals surface area contributed by atoms with Crippen LogP contribution in [0.2, 0.25) is 5.02 Å². The fraction of sp³-hybridized carbons (Fsp3) is 0.185. The third-order valence-corrected chi connectivity index (χ3v) is 6.38. The van der Waals surface area contributed by atoms with Crippen LogP contribution in [0.4, 0.5) is 35.0 Å². The van der Waals surface area contributed by atoms with Gasteiger partial charge in [-0.15, -0.1) is 0 Å². The Bertz CT molecular complexity index is 1520. The van der Waals surface area contributed by atoms with Crippen LogP contribution in [-0.2, 0) is 11.0 Å². The summed E-state index contributed by atoms with van der Waals surface area (Å²) >= 11 is 5.57. The number of anilines is 3. The first-order valence-corrected chi connectivity index (χ1v) is 12.2. The van der Waals surface area contributed by atoms with Crippen LogP contribution in [0.3, 0.4) is 0 Å². The highest BCUT2D eigenvalue weighted by Crippen LogP contribution is 2.37. The molecule has 0 unspecified atom stereocenters. The van der Waals surface area contributed by atoms with Gasteiger partial charge < -0.3 is 31.2 Å². The summed E-state index contributed by atoms with van der Waals surface area (Å²) in [4.78, 5) is 24.7. The average Bonchev–Trinajstić information content (AvgIpc) is 3.31. The van der Waals surface area contributed by atoms with E-state index in [1.165, 1.54) is 0 Å². The summed E-state index contributed by atoms with van der Waals surface area (Å²) in [5, 5.41) is 17.7. The van der Waals surface area contributed by atoms with Gasteiger partial charge in [0.1, 0.15) is 0 Å². The van der Waals surface area contributed by atoms with Crippen LogP contribution >= 0.6 is 11.6 Å². The van der Waals surface area contributed by atoms with E-state index in [1.54, 1.807) is 30.3 Å². The molecule has 0 aliphatic rings. The van der Waals surface area contributed by atoms with E-state index < -0.39 is 34.5 Å². The van der Waals surface area contributed by atoms with Crippen LogP contribution < -0.4 is 21.4 Å². The van der Waals surface area contributed by atoms with E-state index in [0.29, 0.717) is 11.8 Å². The molecule has 0 saturated carbocycles. The van der Waals surface area contributed by atoms with Crippen LogP contribution in [0, 0.1) is 11.1 Å². The van der Waals surface area contributed by atoms with E-state index in [9.17, 15) is 28.0 Å². The second-order valence-electron chi connectivity index (χ2n) is 9.15. The summed E-state index contributed by atoms with van der Waals surface area (Å²) in [6.07, 6.45) is -2.94. The second-order valence-corrected chi connectivity index (χ2v) is 9.56. The number of hydrogen-bond donors (Lipinski definition) is 3. The molecule has 0 saturated heterocycles. The molecule has 4 rings (SSSR count). The molecule has 4 N–H and O–H groups in total. The number of alkyl halides is 3. The Morgan fingerprint density at radius 2 is 1.64 bits per heavy atom. The van der Waals surface area contributed by atoms with E-state index in [2.05, 4.69) is 10.6 Å². The van der Waals surface area contributed by atoms with Gasteiger partial charge in [0.05, 0.1) is 22.1 Å². The highest BCUT2D eigenvalue weighted by Gasteiger charge is 2.33. The minimum Gasteiger partial charge on any atom is -0.750 e. The number of rotatable bonds is 6. The molecular formula is C27H24ClF3N5O3-. The van der Waals surface area contributed by atoms with Gasteiger partial charge >= 0.3 is 12.2 Å². The smallest absolute Gasteiger partial charge is 0.417 e. The number of aromatic nitrogens is 1. The van der Waals surface area contributed by atoms with Gasteiger partial charge in [0, 0.05) is 34.3 Å². The van der Waals surface area contributed by atoms with Crippen molar-refractivity contribution in [3.8, 4) is 5.69 Å². The van der Waals surface area contributed by atoms with Gasteiger partial charge in [-0.25, -0.2) is 4.79 Å². The Morgan fingerprint density at radius 1 is 0.974 bits per heavy atom. The number of hydrogen-bond acceptors (Lipinski definition) is 4. The average molecular weight is 559 g/mol. The zero-order valence-electron chi connectivity index (χ0n) is 20.8. The van der Waals surface area contributed by atoms with Gasteiger partial charge in [-0.3, -0.25) is 4.79 Å². The van der Waals surface area contributed by atoms with E-state index in [-0.39, 0.29) is 22.6 Å². The predicted molar refractivity (Wildman–Crippen MR) is 146 cm³/mol. The Labute approximate surface area is 226 Å². The molecule has 0 spiro atoms. The molecular weight excluding hydrogens is 535 g/mol. The molecule has 3 aromatic carbocycles. The molecule has 8 nitrogen and oxygen atoms in total. The minimum absolute atomic E-state index is 0.000961. The lowest BCUT2D eigenvalue weighted by atomic mass is 10.0. The maximum absolute atomic E-state index is 13.1. The van der Waals surface area contributed by atoms with Crippen molar-refractivity contribution in [2.24, 2.45) is 11.7 Å². The normalized spacial score (nSPS) is 12.4. The number of nitrogens with one attached hydrogen (secondary N) is 2. The maximum Gasteiger partial charge on any atom is 0.417 e. The van der Waals surface area contributed by atoms with Crippen molar-refractivity contribution in [3.63, 3.8) is 0 Å². The van der Waals surface area contributed by atoms with Crippen molar-refractivity contribution in [2.45, 2.75) is 26.1 Å². The SMILES string of the molecule is CC(C)[C@H](N)C(=O)Nc1ccc2c(ccn2-c2ccc(NC(=O)N([O-])c3ccc(Cl)c(C(F)(F)F)c3)cc2)c1. The number of fused-ring (bicyclic) bond motifs is 1. The number of nitrogens with zero attached hydrogens (tertiary/aromatic N) is 2. The molecule has 0 fully saturated rings. The van der Waals surface area contributed by atoms with Crippen molar-refractivity contribution in [3.05, 3.63) is 88.7 Å². The van der Waals surface area contributed by atoms with Crippen LogP contribution in [-0.4, -0.2) is 22.5 Å². The summed E-state index contributed by atoms with van der Waals surface area (Å²) in [6, 6.07) is 14.5. The zero-order chi connectivity index (χ0) is 28.5. The van der Waals surface area contributed by atoms with Crippen LogP contribution in [0.1, 0.15) is 19.4 Å². The molecule has 204 valence electrons. The number of carbonyl (C=O) groups is 2. The van der Waals surface area contributed by atoms with Crippen LogP contribution in [0.5, 0.6) is 0 Å². The highest BCUT2D eigenvalue weighted by molar-refractivity contribution is 6.31. The molecule has 12 heteroatoms. The van der Waals surface area contributed by atoms with Crippen LogP contribution in [0.15, 0.2) is 72.9 Å². The minimum atomic E-state index is -4.78. The van der Waals surface area contributed by atoms with Gasteiger partial charge in [0.2, 0.25) is 5.91 Å². The number of halogens is 4. The number of benzene rings is 3. The summed E-state index contributed by atoms with van der Waals surface area (Å²) in [5.41, 5.74) is 6.65. The van der Waals surface area contributed by atoms with Gasteiger partial charge in [0.15, 0.2) is 0 Å². The monoisotopic (exact) mass is 558 g/mol. The summed E-state index contributed by atoms with van der Waals surface area (Å²) < 4.78 is 41.2. The molecule has 0 aliphatic heterocycles. The molecule has 0 bridgehead atoms. The summed E-state index contributed by atoms with van der Waals surface area (Å²) in [6.45, 7) is 3.74. The van der Waals surface area contributed by atoms with Crippen molar-refractivity contribution < 1.29 is 22.8 Å². The molecule has 39 heavy (non-hydrogen) atoms. The Balaban J connectivity index is 1.47. The predicted octanol–water partition coefficient (Wildman–Crippen LogP) is 6.76. The van der Waals surface area contributed by atoms with Crippen LogP contribution in [0.25, 0.3) is 16.6 Å². The number of urea groups is 1. The molecule has 1 heterocycles. The molecule has 0 radical (unpaired) electrons. The maximum atomic E-state index is 13.1. The number of nitrogens with two attached hydrogens (primary N) is 1. The standard InChI is InChI=1S/C27H24ClF3N5O3/c1-15(2)24(32)25(37)33-18-5-10-23-16(13-18)11-12-35(23)19-6-3-17(4-7-19)34-26(38)36(39)20-8-9-22(28)21(14-20)27(29,30)31/h3-15,24H,32H2,1-2H3,(H,33,37)(H,34,38)/q-1/t24-/m0/s1. The van der Waals surface area contributed by atoms with Crippen molar-refractivity contribution in [1.29, 1.82) is 0 Å². The fourth-order valence-corrected chi connectivity index (χ4v) is 4.05.